The third kappa shape index (κ3) is 4.39. The molecular weight excluding hydrogens is 256 g/mol. The van der Waals surface area contributed by atoms with Gasteiger partial charge in [0, 0.05) is 6.61 Å². The second-order valence-corrected chi connectivity index (χ2v) is 5.40. The number of rotatable bonds is 8. The summed E-state index contributed by atoms with van der Waals surface area (Å²) in [6.07, 6.45) is 3.75. The highest BCUT2D eigenvalue weighted by molar-refractivity contribution is 5.45. The zero-order valence-corrected chi connectivity index (χ0v) is 12.3. The summed E-state index contributed by atoms with van der Waals surface area (Å²) in [4.78, 5) is 0. The third-order valence-electron chi connectivity index (χ3n) is 3.35. The number of aliphatic hydroxyl groups excluding tert-OH is 1. The first-order valence-electron chi connectivity index (χ1n) is 7.36. The van der Waals surface area contributed by atoms with Crippen molar-refractivity contribution in [3.8, 4) is 11.5 Å². The standard InChI is InChI=1S/C16H24O4/c1-12(2)18-9-5-3-4-6-14(17)13-7-8-15-16(10-13)20-11-19-15/h7-8,10,12,14,17H,3-6,9,11H2,1-2H3. The smallest absolute Gasteiger partial charge is 0.231 e. The Bertz CT molecular complexity index is 417. The van der Waals surface area contributed by atoms with Gasteiger partial charge in [-0.15, -0.1) is 0 Å². The zero-order chi connectivity index (χ0) is 14.4. The predicted octanol–water partition coefficient (Wildman–Crippen LogP) is 3.43. The van der Waals surface area contributed by atoms with Crippen molar-refractivity contribution >= 4 is 0 Å². The lowest BCUT2D eigenvalue weighted by Crippen LogP contribution is -2.04. The van der Waals surface area contributed by atoms with Crippen LogP contribution in [0.1, 0.15) is 51.2 Å². The SMILES string of the molecule is CC(C)OCCCCCC(O)c1ccc2c(c1)OCO2. The van der Waals surface area contributed by atoms with Crippen LogP contribution >= 0.6 is 0 Å². The maximum Gasteiger partial charge on any atom is 0.231 e. The van der Waals surface area contributed by atoms with Gasteiger partial charge in [0.2, 0.25) is 6.79 Å². The Hall–Kier alpha value is -1.26. The van der Waals surface area contributed by atoms with Crippen LogP contribution in [0.25, 0.3) is 0 Å². The highest BCUT2D eigenvalue weighted by Crippen LogP contribution is 2.35. The molecule has 0 bridgehead atoms. The lowest BCUT2D eigenvalue weighted by Gasteiger charge is -2.12. The van der Waals surface area contributed by atoms with Crippen molar-refractivity contribution in [3.63, 3.8) is 0 Å². The van der Waals surface area contributed by atoms with Gasteiger partial charge in [0.15, 0.2) is 11.5 Å². The second-order valence-electron chi connectivity index (χ2n) is 5.40. The van der Waals surface area contributed by atoms with Crippen LogP contribution in [0.4, 0.5) is 0 Å². The molecule has 4 heteroatoms. The molecule has 1 heterocycles. The van der Waals surface area contributed by atoms with Crippen LogP contribution < -0.4 is 9.47 Å². The molecule has 0 radical (unpaired) electrons. The fourth-order valence-corrected chi connectivity index (χ4v) is 2.22. The Morgan fingerprint density at radius 1 is 1.15 bits per heavy atom. The van der Waals surface area contributed by atoms with Crippen LogP contribution in [-0.2, 0) is 4.74 Å². The van der Waals surface area contributed by atoms with Gasteiger partial charge in [0.05, 0.1) is 12.2 Å². The summed E-state index contributed by atoms with van der Waals surface area (Å²) in [5, 5.41) is 10.2. The molecule has 1 unspecified atom stereocenters. The number of fused-ring (bicyclic) bond motifs is 1. The molecule has 0 aliphatic carbocycles. The number of aliphatic hydroxyl groups is 1. The fraction of sp³-hybridized carbons (Fsp3) is 0.625. The van der Waals surface area contributed by atoms with Gasteiger partial charge in [-0.25, -0.2) is 0 Å². The van der Waals surface area contributed by atoms with E-state index in [4.69, 9.17) is 14.2 Å². The number of hydrogen-bond acceptors (Lipinski definition) is 4. The van der Waals surface area contributed by atoms with E-state index in [0.29, 0.717) is 6.10 Å². The van der Waals surface area contributed by atoms with Crippen LogP contribution in [0.5, 0.6) is 11.5 Å². The van der Waals surface area contributed by atoms with Crippen molar-refractivity contribution in [2.75, 3.05) is 13.4 Å². The maximum absolute atomic E-state index is 10.2. The summed E-state index contributed by atoms with van der Waals surface area (Å²) in [6, 6.07) is 5.63. The van der Waals surface area contributed by atoms with Gasteiger partial charge in [0.25, 0.3) is 0 Å². The summed E-state index contributed by atoms with van der Waals surface area (Å²) in [5.41, 5.74) is 0.896. The molecule has 20 heavy (non-hydrogen) atoms. The van der Waals surface area contributed by atoms with Gasteiger partial charge >= 0.3 is 0 Å². The molecule has 1 aromatic rings. The zero-order valence-electron chi connectivity index (χ0n) is 12.3. The summed E-state index contributed by atoms with van der Waals surface area (Å²) in [6.45, 7) is 5.16. The Kier molecular flexibility index (Phi) is 5.68. The molecule has 1 aliphatic rings. The highest BCUT2D eigenvalue weighted by Gasteiger charge is 2.16. The number of unbranched alkanes of at least 4 members (excludes halogenated alkanes) is 2. The van der Waals surface area contributed by atoms with Gasteiger partial charge in [-0.3, -0.25) is 0 Å². The van der Waals surface area contributed by atoms with Gasteiger partial charge in [-0.05, 0) is 44.4 Å². The summed E-state index contributed by atoms with van der Waals surface area (Å²) < 4.78 is 16.1. The van der Waals surface area contributed by atoms with Crippen LogP contribution in [-0.4, -0.2) is 24.6 Å². The van der Waals surface area contributed by atoms with Crippen molar-refractivity contribution < 1.29 is 19.3 Å². The molecule has 1 aromatic carbocycles. The average molecular weight is 280 g/mol. The molecule has 0 saturated heterocycles. The van der Waals surface area contributed by atoms with Crippen LogP contribution in [0.15, 0.2) is 18.2 Å². The molecule has 1 atom stereocenters. The minimum Gasteiger partial charge on any atom is -0.454 e. The van der Waals surface area contributed by atoms with E-state index in [9.17, 15) is 5.11 Å². The lowest BCUT2D eigenvalue weighted by atomic mass is 10.0. The van der Waals surface area contributed by atoms with E-state index in [2.05, 4.69) is 0 Å². The van der Waals surface area contributed by atoms with Crippen LogP contribution in [0.2, 0.25) is 0 Å². The minimum atomic E-state index is -0.435. The molecular formula is C16H24O4. The monoisotopic (exact) mass is 280 g/mol. The Morgan fingerprint density at radius 2 is 1.95 bits per heavy atom. The van der Waals surface area contributed by atoms with Gasteiger partial charge in [-0.2, -0.15) is 0 Å². The largest absolute Gasteiger partial charge is 0.454 e. The van der Waals surface area contributed by atoms with E-state index in [1.54, 1.807) is 0 Å². The van der Waals surface area contributed by atoms with Crippen molar-refractivity contribution in [2.45, 2.75) is 51.7 Å². The van der Waals surface area contributed by atoms with E-state index < -0.39 is 6.10 Å². The van der Waals surface area contributed by atoms with Crippen LogP contribution in [0, 0.1) is 0 Å². The first-order chi connectivity index (χ1) is 9.66. The molecule has 0 fully saturated rings. The molecule has 0 aromatic heterocycles. The minimum absolute atomic E-state index is 0.269. The molecule has 112 valence electrons. The fourth-order valence-electron chi connectivity index (χ4n) is 2.22. The first-order valence-corrected chi connectivity index (χ1v) is 7.36. The van der Waals surface area contributed by atoms with E-state index in [1.165, 1.54) is 0 Å². The Morgan fingerprint density at radius 3 is 2.75 bits per heavy atom. The van der Waals surface area contributed by atoms with Crippen molar-refractivity contribution in [1.82, 2.24) is 0 Å². The first kappa shape index (κ1) is 15.1. The topological polar surface area (TPSA) is 47.9 Å². The molecule has 0 amide bonds. The van der Waals surface area contributed by atoms with Gasteiger partial charge in [-0.1, -0.05) is 18.9 Å². The van der Waals surface area contributed by atoms with E-state index in [0.717, 1.165) is 49.4 Å². The Labute approximate surface area is 120 Å². The van der Waals surface area contributed by atoms with E-state index >= 15 is 0 Å². The normalized spacial score (nSPS) is 14.8. The predicted molar refractivity (Wildman–Crippen MR) is 77.1 cm³/mol. The number of hydrogen-bond donors (Lipinski definition) is 1. The summed E-state index contributed by atoms with van der Waals surface area (Å²) in [5.74, 6) is 1.48. The average Bonchev–Trinajstić information content (AvgIpc) is 2.89. The quantitative estimate of drug-likeness (QED) is 0.741. The third-order valence-corrected chi connectivity index (χ3v) is 3.35. The summed E-state index contributed by atoms with van der Waals surface area (Å²) in [7, 11) is 0. The molecule has 1 N–H and O–H groups in total. The molecule has 2 rings (SSSR count). The molecule has 0 saturated carbocycles. The highest BCUT2D eigenvalue weighted by atomic mass is 16.7. The van der Waals surface area contributed by atoms with Gasteiger partial charge in [0.1, 0.15) is 0 Å². The molecule has 4 nitrogen and oxygen atoms in total. The maximum atomic E-state index is 10.2. The van der Waals surface area contributed by atoms with E-state index in [-0.39, 0.29) is 6.79 Å². The summed E-state index contributed by atoms with van der Waals surface area (Å²) >= 11 is 0. The number of benzene rings is 1. The number of ether oxygens (including phenoxy) is 3. The Balaban J connectivity index is 1.68. The molecule has 1 aliphatic heterocycles. The second kappa shape index (κ2) is 7.50. The van der Waals surface area contributed by atoms with Crippen LogP contribution in [0.3, 0.4) is 0 Å². The van der Waals surface area contributed by atoms with Crippen molar-refractivity contribution in [2.24, 2.45) is 0 Å². The molecule has 0 spiro atoms. The van der Waals surface area contributed by atoms with Crippen molar-refractivity contribution in [1.29, 1.82) is 0 Å². The van der Waals surface area contributed by atoms with Crippen molar-refractivity contribution in [3.05, 3.63) is 23.8 Å². The van der Waals surface area contributed by atoms with E-state index in [1.807, 2.05) is 32.0 Å². The lowest BCUT2D eigenvalue weighted by molar-refractivity contribution is 0.0747. The van der Waals surface area contributed by atoms with Gasteiger partial charge < -0.3 is 19.3 Å².